The van der Waals surface area contributed by atoms with Crippen LogP contribution in [0.3, 0.4) is 0 Å². The summed E-state index contributed by atoms with van der Waals surface area (Å²) >= 11 is 0. The van der Waals surface area contributed by atoms with Crippen LogP contribution in [0.25, 0.3) is 12.2 Å². The van der Waals surface area contributed by atoms with Crippen LogP contribution in [0, 0.1) is 0 Å². The largest absolute Gasteiger partial charge is 1.00 e. The molecule has 0 nitrogen and oxygen atoms in total. The van der Waals surface area contributed by atoms with Crippen LogP contribution < -0.4 is 51.4 Å². The van der Waals surface area contributed by atoms with Crippen molar-refractivity contribution in [1.82, 2.24) is 0 Å². The fourth-order valence-corrected chi connectivity index (χ4v) is 0.883. The summed E-state index contributed by atoms with van der Waals surface area (Å²) in [6, 6.07) is 8.02. The van der Waals surface area contributed by atoms with Gasteiger partial charge in [-0.25, -0.2) is 0 Å². The molecular weight excluding hydrogens is 159 g/mol. The summed E-state index contributed by atoms with van der Waals surface area (Å²) in [5.74, 6) is 0. The summed E-state index contributed by atoms with van der Waals surface area (Å²) < 4.78 is 0. The third-order valence-corrected chi connectivity index (χ3v) is 1.44. The van der Waals surface area contributed by atoms with Gasteiger partial charge in [0.2, 0.25) is 0 Å². The zero-order valence-electron chi connectivity index (χ0n) is 7.88. The third-order valence-electron chi connectivity index (χ3n) is 1.44. The second kappa shape index (κ2) is 5.92. The van der Waals surface area contributed by atoms with E-state index in [2.05, 4.69) is 13.2 Å². The average Bonchev–Trinajstić information content (AvgIpc) is 2.04. The molecular formula is C10H11K. The fraction of sp³-hybridized carbons (Fsp3) is 0. The minimum Gasteiger partial charge on any atom is -1.00 e. The number of hydrogen-bond acceptors (Lipinski definition) is 0. The molecule has 0 aromatic heterocycles. The normalized spacial score (nSPS) is 8.00. The van der Waals surface area contributed by atoms with Gasteiger partial charge in [-0.3, -0.25) is 0 Å². The van der Waals surface area contributed by atoms with Crippen molar-refractivity contribution in [1.29, 1.82) is 0 Å². The van der Waals surface area contributed by atoms with Crippen molar-refractivity contribution >= 4 is 12.2 Å². The van der Waals surface area contributed by atoms with Crippen molar-refractivity contribution < 1.29 is 52.8 Å². The summed E-state index contributed by atoms with van der Waals surface area (Å²) in [5.41, 5.74) is 2.27. The van der Waals surface area contributed by atoms with Gasteiger partial charge in [0.1, 0.15) is 0 Å². The maximum absolute atomic E-state index is 3.69. The molecule has 52 valence electrons. The summed E-state index contributed by atoms with van der Waals surface area (Å²) in [4.78, 5) is 0. The van der Waals surface area contributed by atoms with E-state index in [9.17, 15) is 0 Å². The molecule has 0 atom stereocenters. The van der Waals surface area contributed by atoms with E-state index in [1.165, 1.54) is 0 Å². The van der Waals surface area contributed by atoms with Crippen molar-refractivity contribution in [3.63, 3.8) is 0 Å². The zero-order valence-corrected chi connectivity index (χ0v) is 10.0. The molecule has 1 rings (SSSR count). The van der Waals surface area contributed by atoms with Crippen LogP contribution in [-0.2, 0) is 0 Å². The van der Waals surface area contributed by atoms with Crippen LogP contribution in [-0.4, -0.2) is 0 Å². The summed E-state index contributed by atoms with van der Waals surface area (Å²) in [6.07, 6.45) is 3.66. The first-order valence-corrected chi connectivity index (χ1v) is 3.22. The van der Waals surface area contributed by atoms with E-state index in [0.717, 1.165) is 11.1 Å². The Labute approximate surface area is 112 Å². The minimum absolute atomic E-state index is 0. The number of benzene rings is 1. The Morgan fingerprint density at radius 2 is 1.36 bits per heavy atom. The quantitative estimate of drug-likeness (QED) is 0.552. The van der Waals surface area contributed by atoms with Crippen molar-refractivity contribution in [2.24, 2.45) is 0 Å². The smallest absolute Gasteiger partial charge is 1.00 e. The molecule has 0 aliphatic carbocycles. The van der Waals surface area contributed by atoms with Gasteiger partial charge in [0, 0.05) is 0 Å². The Morgan fingerprint density at radius 3 is 1.64 bits per heavy atom. The van der Waals surface area contributed by atoms with Gasteiger partial charge >= 0.3 is 51.4 Å². The second-order valence-corrected chi connectivity index (χ2v) is 2.04. The van der Waals surface area contributed by atoms with Gasteiger partial charge in [0.05, 0.1) is 0 Å². The average molecular weight is 170 g/mol. The standard InChI is InChI=1S/C10H10.K.H/c1-3-9-7-5-6-8-10(9)4-2;;/h3-8H,1-2H2;;/q;+1;-1. The van der Waals surface area contributed by atoms with E-state index < -0.39 is 0 Å². The molecule has 0 aliphatic heterocycles. The molecule has 0 saturated carbocycles. The molecule has 0 N–H and O–H groups in total. The van der Waals surface area contributed by atoms with Gasteiger partial charge in [-0.2, -0.15) is 0 Å². The topological polar surface area (TPSA) is 0 Å². The van der Waals surface area contributed by atoms with E-state index in [4.69, 9.17) is 0 Å². The molecule has 0 saturated heterocycles. The van der Waals surface area contributed by atoms with Gasteiger partial charge < -0.3 is 1.43 Å². The van der Waals surface area contributed by atoms with Crippen LogP contribution >= 0.6 is 0 Å². The molecule has 0 spiro atoms. The molecule has 0 amide bonds. The summed E-state index contributed by atoms with van der Waals surface area (Å²) in [6.45, 7) is 7.38. The molecule has 0 heterocycles. The second-order valence-electron chi connectivity index (χ2n) is 2.04. The van der Waals surface area contributed by atoms with E-state index in [1.54, 1.807) is 0 Å². The van der Waals surface area contributed by atoms with Crippen LogP contribution in [0.2, 0.25) is 0 Å². The molecule has 0 bridgehead atoms. The van der Waals surface area contributed by atoms with Gasteiger partial charge in [-0.05, 0) is 11.1 Å². The van der Waals surface area contributed by atoms with Gasteiger partial charge in [-0.15, -0.1) is 0 Å². The Balaban J connectivity index is 0. The van der Waals surface area contributed by atoms with Crippen molar-refractivity contribution in [3.05, 3.63) is 48.6 Å². The first kappa shape index (κ1) is 11.3. The molecule has 0 unspecified atom stereocenters. The third kappa shape index (κ3) is 3.05. The van der Waals surface area contributed by atoms with Crippen LogP contribution in [0.5, 0.6) is 0 Å². The maximum atomic E-state index is 3.69. The SMILES string of the molecule is C=Cc1ccccc1C=C.[H-].[K+]. The van der Waals surface area contributed by atoms with Crippen molar-refractivity contribution in [2.45, 2.75) is 0 Å². The minimum atomic E-state index is 0. The Kier molecular flexibility index (Phi) is 6.10. The molecule has 1 heteroatoms. The summed E-state index contributed by atoms with van der Waals surface area (Å²) in [7, 11) is 0. The first-order chi connectivity index (χ1) is 4.88. The molecule has 0 fully saturated rings. The van der Waals surface area contributed by atoms with Crippen LogP contribution in [0.15, 0.2) is 37.4 Å². The van der Waals surface area contributed by atoms with E-state index in [0.29, 0.717) is 0 Å². The number of rotatable bonds is 2. The van der Waals surface area contributed by atoms with E-state index >= 15 is 0 Å². The Morgan fingerprint density at radius 1 is 1.00 bits per heavy atom. The molecule has 1 aromatic rings. The molecule has 0 radical (unpaired) electrons. The van der Waals surface area contributed by atoms with Crippen LogP contribution in [0.4, 0.5) is 0 Å². The number of hydrogen-bond donors (Lipinski definition) is 0. The Bertz CT molecular complexity index is 229. The van der Waals surface area contributed by atoms with E-state index in [1.807, 2.05) is 36.4 Å². The van der Waals surface area contributed by atoms with E-state index in [-0.39, 0.29) is 52.8 Å². The van der Waals surface area contributed by atoms with Gasteiger partial charge in [0.15, 0.2) is 0 Å². The van der Waals surface area contributed by atoms with Crippen molar-refractivity contribution in [3.8, 4) is 0 Å². The molecule has 0 aliphatic rings. The first-order valence-electron chi connectivity index (χ1n) is 3.22. The maximum Gasteiger partial charge on any atom is 1.00 e. The van der Waals surface area contributed by atoms with Gasteiger partial charge in [-0.1, -0.05) is 49.6 Å². The fourth-order valence-electron chi connectivity index (χ4n) is 0.883. The molecule has 11 heavy (non-hydrogen) atoms. The summed E-state index contributed by atoms with van der Waals surface area (Å²) in [5, 5.41) is 0. The van der Waals surface area contributed by atoms with Gasteiger partial charge in [0.25, 0.3) is 0 Å². The van der Waals surface area contributed by atoms with Crippen molar-refractivity contribution in [2.75, 3.05) is 0 Å². The predicted molar refractivity (Wildman–Crippen MR) is 47.7 cm³/mol. The monoisotopic (exact) mass is 170 g/mol. The Hall–Kier alpha value is 0.336. The predicted octanol–water partition coefficient (Wildman–Crippen LogP) is 0.0891. The molecule has 1 aromatic carbocycles. The zero-order chi connectivity index (χ0) is 7.40. The van der Waals surface area contributed by atoms with Crippen LogP contribution in [0.1, 0.15) is 12.6 Å².